The van der Waals surface area contributed by atoms with Crippen LogP contribution < -0.4 is 4.90 Å². The maximum absolute atomic E-state index is 14.4. The zero-order valence-electron chi connectivity index (χ0n) is 12.4. The fourth-order valence-electron chi connectivity index (χ4n) is 2.38. The summed E-state index contributed by atoms with van der Waals surface area (Å²) in [6.45, 7) is 0.00941. The summed E-state index contributed by atoms with van der Waals surface area (Å²) in [5, 5.41) is 16.4. The summed E-state index contributed by atoms with van der Waals surface area (Å²) in [5.41, 5.74) is 9.38. The standard InChI is InChI=1S/C14H13FN6O3/c15-12-3-10(20-7-11(5-17-19-16)24-14(20)23)1-2-13(12)21-6-9(8-22)4-18-21/h1-4,6,11,22H,5,7-8H2. The van der Waals surface area contributed by atoms with Gasteiger partial charge in [0, 0.05) is 16.7 Å². The highest BCUT2D eigenvalue weighted by atomic mass is 19.1. The fraction of sp³-hybridized carbons (Fsp3) is 0.286. The molecule has 2 aromatic rings. The molecule has 0 radical (unpaired) electrons. The van der Waals surface area contributed by atoms with Gasteiger partial charge in [-0.2, -0.15) is 5.10 Å². The number of hydrogen-bond donors (Lipinski definition) is 1. The van der Waals surface area contributed by atoms with E-state index in [9.17, 15) is 9.18 Å². The molecule has 1 fully saturated rings. The Balaban J connectivity index is 1.82. The van der Waals surface area contributed by atoms with Crippen molar-refractivity contribution in [3.8, 4) is 5.69 Å². The molecule has 0 aliphatic carbocycles. The number of carbonyl (C=O) groups is 1. The lowest BCUT2D eigenvalue weighted by Crippen LogP contribution is -2.25. The number of carbonyl (C=O) groups excluding carboxylic acids is 1. The maximum Gasteiger partial charge on any atom is 0.414 e. The Morgan fingerprint density at radius 3 is 3.04 bits per heavy atom. The van der Waals surface area contributed by atoms with Gasteiger partial charge in [-0.15, -0.1) is 0 Å². The molecule has 1 aliphatic rings. The molecule has 1 N–H and O–H groups in total. The summed E-state index contributed by atoms with van der Waals surface area (Å²) in [6.07, 6.45) is 1.76. The number of aliphatic hydroxyl groups excluding tert-OH is 1. The zero-order valence-corrected chi connectivity index (χ0v) is 12.4. The van der Waals surface area contributed by atoms with Gasteiger partial charge in [-0.3, -0.25) is 4.90 Å². The number of halogens is 1. The van der Waals surface area contributed by atoms with E-state index < -0.39 is 18.0 Å². The lowest BCUT2D eigenvalue weighted by Gasteiger charge is -2.14. The molecule has 124 valence electrons. The second kappa shape index (κ2) is 6.57. The van der Waals surface area contributed by atoms with Gasteiger partial charge < -0.3 is 9.84 Å². The Hall–Kier alpha value is -3.10. The lowest BCUT2D eigenvalue weighted by atomic mass is 10.2. The Labute approximate surface area is 135 Å². The third kappa shape index (κ3) is 3.00. The van der Waals surface area contributed by atoms with Crippen molar-refractivity contribution in [1.29, 1.82) is 0 Å². The molecule has 1 unspecified atom stereocenters. The number of aliphatic hydroxyl groups is 1. The molecule has 0 spiro atoms. The van der Waals surface area contributed by atoms with Crippen molar-refractivity contribution < 1.29 is 19.0 Å². The maximum atomic E-state index is 14.4. The third-order valence-corrected chi connectivity index (χ3v) is 3.53. The molecule has 24 heavy (non-hydrogen) atoms. The predicted molar refractivity (Wildman–Crippen MR) is 81.1 cm³/mol. The number of cyclic esters (lactones) is 1. The number of aromatic nitrogens is 2. The topological polar surface area (TPSA) is 116 Å². The predicted octanol–water partition coefficient (Wildman–Crippen LogP) is 2.14. The van der Waals surface area contributed by atoms with Gasteiger partial charge in [0.15, 0.2) is 5.82 Å². The highest BCUT2D eigenvalue weighted by molar-refractivity contribution is 5.89. The van der Waals surface area contributed by atoms with Crippen LogP contribution in [0.2, 0.25) is 0 Å². The van der Waals surface area contributed by atoms with E-state index in [0.717, 1.165) is 0 Å². The average molecular weight is 332 g/mol. The van der Waals surface area contributed by atoms with E-state index in [2.05, 4.69) is 15.1 Å². The first-order valence-electron chi connectivity index (χ1n) is 7.05. The van der Waals surface area contributed by atoms with E-state index in [4.69, 9.17) is 15.4 Å². The molecule has 9 nitrogen and oxygen atoms in total. The lowest BCUT2D eigenvalue weighted by molar-refractivity contribution is 0.145. The number of ether oxygens (including phenoxy) is 1. The van der Waals surface area contributed by atoms with Crippen LogP contribution in [0.4, 0.5) is 14.9 Å². The molecule has 1 atom stereocenters. The number of azide groups is 1. The van der Waals surface area contributed by atoms with Gasteiger partial charge in [0.25, 0.3) is 0 Å². The molecule has 0 saturated carbocycles. The van der Waals surface area contributed by atoms with E-state index in [1.54, 1.807) is 6.07 Å². The van der Waals surface area contributed by atoms with Crippen LogP contribution in [0.25, 0.3) is 16.1 Å². The van der Waals surface area contributed by atoms with Gasteiger partial charge in [0.05, 0.1) is 31.6 Å². The molecule has 3 rings (SSSR count). The normalized spacial score (nSPS) is 16.8. The Bertz CT molecular complexity index is 817. The van der Waals surface area contributed by atoms with Crippen molar-refractivity contribution in [3.63, 3.8) is 0 Å². The summed E-state index contributed by atoms with van der Waals surface area (Å²) in [4.78, 5) is 15.7. The molecule has 1 saturated heterocycles. The summed E-state index contributed by atoms with van der Waals surface area (Å²) in [6, 6.07) is 4.25. The van der Waals surface area contributed by atoms with Gasteiger partial charge in [-0.1, -0.05) is 5.11 Å². The van der Waals surface area contributed by atoms with Crippen LogP contribution >= 0.6 is 0 Å². The molecular weight excluding hydrogens is 319 g/mol. The number of nitrogens with zero attached hydrogens (tertiary/aromatic N) is 6. The Morgan fingerprint density at radius 2 is 2.38 bits per heavy atom. The Morgan fingerprint density at radius 1 is 1.54 bits per heavy atom. The summed E-state index contributed by atoms with van der Waals surface area (Å²) in [5.74, 6) is -0.577. The highest BCUT2D eigenvalue weighted by Crippen LogP contribution is 2.25. The van der Waals surface area contributed by atoms with Crippen molar-refractivity contribution in [1.82, 2.24) is 9.78 Å². The van der Waals surface area contributed by atoms with Crippen molar-refractivity contribution in [2.24, 2.45) is 5.11 Å². The molecule has 1 aliphatic heterocycles. The molecule has 0 bridgehead atoms. The average Bonchev–Trinajstić information content (AvgIpc) is 3.19. The van der Waals surface area contributed by atoms with Gasteiger partial charge in [0.2, 0.25) is 0 Å². The van der Waals surface area contributed by atoms with Crippen LogP contribution in [-0.4, -0.2) is 40.2 Å². The van der Waals surface area contributed by atoms with E-state index in [0.29, 0.717) is 11.3 Å². The minimum atomic E-state index is -0.623. The van der Waals surface area contributed by atoms with E-state index in [1.807, 2.05) is 0 Å². The summed E-state index contributed by atoms with van der Waals surface area (Å²) < 4.78 is 20.7. The van der Waals surface area contributed by atoms with E-state index >= 15 is 0 Å². The van der Waals surface area contributed by atoms with Crippen LogP contribution in [0, 0.1) is 5.82 Å². The van der Waals surface area contributed by atoms with Crippen LogP contribution in [0.1, 0.15) is 5.56 Å². The molecule has 1 amide bonds. The number of amides is 1. The van der Waals surface area contributed by atoms with Gasteiger partial charge in [0.1, 0.15) is 11.8 Å². The Kier molecular flexibility index (Phi) is 4.32. The minimum Gasteiger partial charge on any atom is -0.444 e. The van der Waals surface area contributed by atoms with Crippen LogP contribution in [0.3, 0.4) is 0 Å². The SMILES string of the molecule is [N-]=[N+]=NCC1CN(c2ccc(-n3cc(CO)cn3)c(F)c2)C(=O)O1. The van der Waals surface area contributed by atoms with Gasteiger partial charge in [-0.25, -0.2) is 13.9 Å². The summed E-state index contributed by atoms with van der Waals surface area (Å²) >= 11 is 0. The second-order valence-electron chi connectivity index (χ2n) is 5.12. The van der Waals surface area contributed by atoms with Crippen LogP contribution in [0.15, 0.2) is 35.7 Å². The molecule has 10 heteroatoms. The third-order valence-electron chi connectivity index (χ3n) is 3.53. The first-order valence-corrected chi connectivity index (χ1v) is 7.05. The molecule has 1 aromatic carbocycles. The smallest absolute Gasteiger partial charge is 0.414 e. The van der Waals surface area contributed by atoms with Gasteiger partial charge in [-0.05, 0) is 23.7 Å². The van der Waals surface area contributed by atoms with Gasteiger partial charge >= 0.3 is 6.09 Å². The molecular formula is C14H13FN6O3. The van der Waals surface area contributed by atoms with Crippen molar-refractivity contribution in [3.05, 3.63) is 52.4 Å². The quantitative estimate of drug-likeness (QED) is 0.513. The first kappa shape index (κ1) is 15.8. The number of hydrogen-bond acceptors (Lipinski definition) is 5. The highest BCUT2D eigenvalue weighted by Gasteiger charge is 2.32. The van der Waals surface area contributed by atoms with Crippen LogP contribution in [0.5, 0.6) is 0 Å². The monoisotopic (exact) mass is 332 g/mol. The summed E-state index contributed by atoms with van der Waals surface area (Å²) in [7, 11) is 0. The largest absolute Gasteiger partial charge is 0.444 e. The molecule has 2 heterocycles. The van der Waals surface area contributed by atoms with Crippen molar-refractivity contribution >= 4 is 11.8 Å². The van der Waals surface area contributed by atoms with Crippen molar-refractivity contribution in [2.75, 3.05) is 18.0 Å². The first-order chi connectivity index (χ1) is 11.6. The fourth-order valence-corrected chi connectivity index (χ4v) is 2.38. The van der Waals surface area contributed by atoms with Crippen LogP contribution in [-0.2, 0) is 11.3 Å². The second-order valence-corrected chi connectivity index (χ2v) is 5.12. The minimum absolute atomic E-state index is 0.0243. The molecule has 1 aromatic heterocycles. The number of anilines is 1. The number of rotatable bonds is 5. The zero-order chi connectivity index (χ0) is 17.1. The van der Waals surface area contributed by atoms with E-state index in [-0.39, 0.29) is 25.4 Å². The number of benzene rings is 1. The van der Waals surface area contributed by atoms with E-state index in [1.165, 1.54) is 34.1 Å². The van der Waals surface area contributed by atoms with Crippen molar-refractivity contribution in [2.45, 2.75) is 12.7 Å².